The predicted molar refractivity (Wildman–Crippen MR) is 110 cm³/mol. The molecule has 0 heterocycles. The number of nitrogens with zero attached hydrogens (tertiary/aromatic N) is 1. The molecule has 0 aliphatic carbocycles. The predicted octanol–water partition coefficient (Wildman–Crippen LogP) is 4.11. The minimum absolute atomic E-state index is 0. The number of guanidine groups is 1. The molecule has 2 N–H and O–H groups in total. The Morgan fingerprint density at radius 2 is 1.77 bits per heavy atom. The van der Waals surface area contributed by atoms with Gasteiger partial charge in [-0.15, -0.1) is 24.0 Å². The molecule has 0 saturated heterocycles. The SMILES string of the molecule is CCNC(=NCC(C)(C)c1ccccc1)NCCCOCC(F)(F)F.I. The van der Waals surface area contributed by atoms with Crippen LogP contribution in [0.15, 0.2) is 35.3 Å². The average Bonchev–Trinajstić information content (AvgIpc) is 2.55. The van der Waals surface area contributed by atoms with Crippen LogP contribution in [0.4, 0.5) is 13.2 Å². The van der Waals surface area contributed by atoms with Gasteiger partial charge in [0.15, 0.2) is 5.96 Å². The number of aliphatic imine (C=N–C) groups is 1. The van der Waals surface area contributed by atoms with E-state index >= 15 is 0 Å². The molecule has 0 amide bonds. The van der Waals surface area contributed by atoms with Gasteiger partial charge in [0.1, 0.15) is 6.61 Å². The number of benzene rings is 1. The second-order valence-corrected chi connectivity index (χ2v) is 6.39. The van der Waals surface area contributed by atoms with Gasteiger partial charge in [-0.2, -0.15) is 13.2 Å². The quantitative estimate of drug-likeness (QED) is 0.239. The molecule has 1 aromatic carbocycles. The van der Waals surface area contributed by atoms with Crippen LogP contribution in [0, 0.1) is 0 Å². The molecule has 0 unspecified atom stereocenters. The van der Waals surface area contributed by atoms with Gasteiger partial charge < -0.3 is 15.4 Å². The lowest BCUT2D eigenvalue weighted by molar-refractivity contribution is -0.173. The minimum atomic E-state index is -4.27. The molecule has 26 heavy (non-hydrogen) atoms. The third-order valence-electron chi connectivity index (χ3n) is 3.56. The van der Waals surface area contributed by atoms with Gasteiger partial charge in [-0.1, -0.05) is 44.2 Å². The lowest BCUT2D eigenvalue weighted by Gasteiger charge is -2.24. The van der Waals surface area contributed by atoms with Gasteiger partial charge >= 0.3 is 6.18 Å². The highest BCUT2D eigenvalue weighted by Gasteiger charge is 2.27. The summed E-state index contributed by atoms with van der Waals surface area (Å²) in [4.78, 5) is 4.59. The number of alkyl halides is 3. The average molecular weight is 487 g/mol. The summed E-state index contributed by atoms with van der Waals surface area (Å²) in [5.41, 5.74) is 1.09. The van der Waals surface area contributed by atoms with Crippen molar-refractivity contribution >= 4 is 29.9 Å². The van der Waals surface area contributed by atoms with Crippen molar-refractivity contribution in [1.82, 2.24) is 10.6 Å². The summed E-state index contributed by atoms with van der Waals surface area (Å²) in [6.07, 6.45) is -3.80. The highest BCUT2D eigenvalue weighted by molar-refractivity contribution is 14.0. The highest BCUT2D eigenvalue weighted by Crippen LogP contribution is 2.22. The second-order valence-electron chi connectivity index (χ2n) is 6.39. The molecule has 0 bridgehead atoms. The van der Waals surface area contributed by atoms with Crippen molar-refractivity contribution in [1.29, 1.82) is 0 Å². The van der Waals surface area contributed by atoms with E-state index in [1.807, 2.05) is 25.1 Å². The number of rotatable bonds is 9. The van der Waals surface area contributed by atoms with Crippen molar-refractivity contribution in [2.45, 2.75) is 38.8 Å². The van der Waals surface area contributed by atoms with Gasteiger partial charge in [-0.25, -0.2) is 0 Å². The Hall–Kier alpha value is -1.03. The maximum Gasteiger partial charge on any atom is 0.411 e. The van der Waals surface area contributed by atoms with Crippen LogP contribution in [-0.4, -0.2) is 45.0 Å². The summed E-state index contributed by atoms with van der Waals surface area (Å²) in [6.45, 7) is 6.87. The maximum absolute atomic E-state index is 12.0. The number of halogens is 4. The molecule has 8 heteroatoms. The monoisotopic (exact) mass is 487 g/mol. The molecule has 0 aliphatic rings. The molecule has 0 spiro atoms. The fourth-order valence-electron chi connectivity index (χ4n) is 2.17. The summed E-state index contributed by atoms with van der Waals surface area (Å²) in [7, 11) is 0. The number of hydrogen-bond acceptors (Lipinski definition) is 2. The van der Waals surface area contributed by atoms with Gasteiger partial charge in [0.25, 0.3) is 0 Å². The highest BCUT2D eigenvalue weighted by atomic mass is 127. The molecule has 0 saturated carbocycles. The Kier molecular flexibility index (Phi) is 11.9. The minimum Gasteiger partial charge on any atom is -0.372 e. The molecular weight excluding hydrogens is 458 g/mol. The van der Waals surface area contributed by atoms with Gasteiger partial charge in [0, 0.05) is 25.1 Å². The first kappa shape index (κ1) is 25.0. The zero-order valence-corrected chi connectivity index (χ0v) is 17.9. The fraction of sp³-hybridized carbons (Fsp3) is 0.611. The van der Waals surface area contributed by atoms with Crippen molar-refractivity contribution in [3.8, 4) is 0 Å². The first-order valence-corrected chi connectivity index (χ1v) is 8.47. The van der Waals surface area contributed by atoms with Crippen molar-refractivity contribution in [2.75, 3.05) is 32.8 Å². The lowest BCUT2D eigenvalue weighted by Crippen LogP contribution is -2.39. The second kappa shape index (κ2) is 12.4. The van der Waals surface area contributed by atoms with Crippen molar-refractivity contribution in [3.05, 3.63) is 35.9 Å². The van der Waals surface area contributed by atoms with E-state index in [2.05, 4.69) is 46.3 Å². The number of nitrogens with one attached hydrogen (secondary N) is 2. The summed E-state index contributed by atoms with van der Waals surface area (Å²) >= 11 is 0. The summed E-state index contributed by atoms with van der Waals surface area (Å²) in [6, 6.07) is 10.1. The Balaban J connectivity index is 0.00000625. The van der Waals surface area contributed by atoms with Crippen molar-refractivity contribution in [2.24, 2.45) is 4.99 Å². The number of ether oxygens (including phenoxy) is 1. The molecule has 0 aliphatic heterocycles. The van der Waals surface area contributed by atoms with E-state index in [9.17, 15) is 13.2 Å². The van der Waals surface area contributed by atoms with Crippen LogP contribution in [0.5, 0.6) is 0 Å². The van der Waals surface area contributed by atoms with Crippen molar-refractivity contribution in [3.63, 3.8) is 0 Å². The lowest BCUT2D eigenvalue weighted by atomic mass is 9.85. The third kappa shape index (κ3) is 10.8. The summed E-state index contributed by atoms with van der Waals surface area (Å²) in [5, 5.41) is 6.26. The molecule has 0 radical (unpaired) electrons. The van der Waals surface area contributed by atoms with E-state index in [1.54, 1.807) is 0 Å². The largest absolute Gasteiger partial charge is 0.411 e. The molecule has 0 aromatic heterocycles. The van der Waals surface area contributed by atoms with Crippen LogP contribution in [0.1, 0.15) is 32.8 Å². The van der Waals surface area contributed by atoms with Gasteiger partial charge in [0.05, 0.1) is 6.54 Å². The smallest absolute Gasteiger partial charge is 0.372 e. The number of hydrogen-bond donors (Lipinski definition) is 2. The van der Waals surface area contributed by atoms with Crippen LogP contribution in [0.25, 0.3) is 0 Å². The topological polar surface area (TPSA) is 45.7 Å². The van der Waals surface area contributed by atoms with E-state index in [-0.39, 0.29) is 36.0 Å². The molecule has 1 rings (SSSR count). The zero-order chi connectivity index (χ0) is 18.8. The van der Waals surface area contributed by atoms with Crippen LogP contribution in [0.3, 0.4) is 0 Å². The van der Waals surface area contributed by atoms with E-state index in [1.165, 1.54) is 5.56 Å². The molecule has 0 fully saturated rings. The van der Waals surface area contributed by atoms with E-state index < -0.39 is 12.8 Å². The summed E-state index contributed by atoms with van der Waals surface area (Å²) < 4.78 is 40.5. The van der Waals surface area contributed by atoms with Gasteiger partial charge in [-0.05, 0) is 18.9 Å². The maximum atomic E-state index is 12.0. The van der Waals surface area contributed by atoms with Crippen molar-refractivity contribution < 1.29 is 17.9 Å². The van der Waals surface area contributed by atoms with Crippen LogP contribution < -0.4 is 10.6 Å². The van der Waals surface area contributed by atoms with Crippen LogP contribution >= 0.6 is 24.0 Å². The molecular formula is C18H29F3IN3O. The van der Waals surface area contributed by atoms with Gasteiger partial charge in [0.2, 0.25) is 0 Å². The standard InChI is InChI=1S/C18H28F3N3O.HI/c1-4-22-16(23-11-8-12-25-14-18(19,20)21)24-13-17(2,3)15-9-6-5-7-10-15;/h5-7,9-10H,4,8,11-14H2,1-3H3,(H2,22,23,24);1H. The third-order valence-corrected chi connectivity index (χ3v) is 3.56. The molecule has 1 aromatic rings. The Bertz CT molecular complexity index is 522. The fourth-order valence-corrected chi connectivity index (χ4v) is 2.17. The van der Waals surface area contributed by atoms with Crippen LogP contribution in [-0.2, 0) is 10.2 Å². The van der Waals surface area contributed by atoms with E-state index in [4.69, 9.17) is 0 Å². The first-order chi connectivity index (χ1) is 11.7. The normalized spacial score (nSPS) is 12.5. The van der Waals surface area contributed by atoms with Gasteiger partial charge in [-0.3, -0.25) is 4.99 Å². The Morgan fingerprint density at radius 3 is 2.35 bits per heavy atom. The van der Waals surface area contributed by atoms with E-state index in [0.29, 0.717) is 32.0 Å². The first-order valence-electron chi connectivity index (χ1n) is 8.47. The Labute approximate surface area is 171 Å². The molecule has 150 valence electrons. The van der Waals surface area contributed by atoms with Crippen LogP contribution in [0.2, 0.25) is 0 Å². The molecule has 4 nitrogen and oxygen atoms in total. The van der Waals surface area contributed by atoms with E-state index in [0.717, 1.165) is 0 Å². The Morgan fingerprint density at radius 1 is 1.12 bits per heavy atom. The summed E-state index contributed by atoms with van der Waals surface area (Å²) in [5.74, 6) is 0.655. The molecule has 0 atom stereocenters. The zero-order valence-electron chi connectivity index (χ0n) is 15.5.